The predicted octanol–water partition coefficient (Wildman–Crippen LogP) is 3.52. The SMILES string of the molecule is CC(CNC(C)(C)C)C(C)N(CC1CC1)CC1CC1. The van der Waals surface area contributed by atoms with Crippen molar-refractivity contribution in [3.05, 3.63) is 0 Å². The first-order valence-electron chi connectivity index (χ1n) is 8.34. The van der Waals surface area contributed by atoms with E-state index in [0.29, 0.717) is 0 Å². The Labute approximate surface area is 120 Å². The lowest BCUT2D eigenvalue weighted by molar-refractivity contribution is 0.142. The summed E-state index contributed by atoms with van der Waals surface area (Å²) in [6.45, 7) is 15.5. The molecule has 1 N–H and O–H groups in total. The highest BCUT2D eigenvalue weighted by Gasteiger charge is 2.32. The van der Waals surface area contributed by atoms with Gasteiger partial charge in [-0.3, -0.25) is 4.90 Å². The second-order valence-corrected chi connectivity index (χ2v) is 8.19. The van der Waals surface area contributed by atoms with Crippen molar-refractivity contribution in [2.24, 2.45) is 17.8 Å². The van der Waals surface area contributed by atoms with Crippen molar-refractivity contribution in [2.45, 2.75) is 71.9 Å². The van der Waals surface area contributed by atoms with E-state index in [1.54, 1.807) is 0 Å². The van der Waals surface area contributed by atoms with Crippen molar-refractivity contribution in [3.8, 4) is 0 Å². The van der Waals surface area contributed by atoms with Crippen molar-refractivity contribution >= 4 is 0 Å². The molecule has 2 heteroatoms. The summed E-state index contributed by atoms with van der Waals surface area (Å²) in [6, 6.07) is 0.719. The van der Waals surface area contributed by atoms with E-state index in [1.807, 2.05) is 0 Å². The van der Waals surface area contributed by atoms with Crippen molar-refractivity contribution in [2.75, 3.05) is 19.6 Å². The first-order chi connectivity index (χ1) is 8.85. The Morgan fingerprint density at radius 1 is 1.00 bits per heavy atom. The minimum Gasteiger partial charge on any atom is -0.312 e. The monoisotopic (exact) mass is 266 g/mol. The summed E-state index contributed by atoms with van der Waals surface area (Å²) in [5.41, 5.74) is 0.242. The average Bonchev–Trinajstić information content (AvgIpc) is 3.17. The molecule has 0 amide bonds. The lowest BCUT2D eigenvalue weighted by atomic mass is 9.99. The minimum absolute atomic E-state index is 0.242. The van der Waals surface area contributed by atoms with Gasteiger partial charge in [0.2, 0.25) is 0 Å². The largest absolute Gasteiger partial charge is 0.312 e. The molecule has 0 spiro atoms. The summed E-state index contributed by atoms with van der Waals surface area (Å²) in [6.07, 6.45) is 5.90. The molecule has 112 valence electrons. The highest BCUT2D eigenvalue weighted by atomic mass is 15.2. The molecule has 2 atom stereocenters. The summed E-state index contributed by atoms with van der Waals surface area (Å²) < 4.78 is 0. The molecule has 2 unspecified atom stereocenters. The topological polar surface area (TPSA) is 15.3 Å². The molecular formula is C17H34N2. The molecule has 0 aliphatic heterocycles. The zero-order valence-corrected chi connectivity index (χ0v) is 13.7. The Kier molecular flexibility index (Phi) is 4.94. The molecule has 2 fully saturated rings. The van der Waals surface area contributed by atoms with Crippen LogP contribution in [0.3, 0.4) is 0 Å². The highest BCUT2D eigenvalue weighted by Crippen LogP contribution is 2.35. The van der Waals surface area contributed by atoms with Crippen LogP contribution in [0.4, 0.5) is 0 Å². The third-order valence-electron chi connectivity index (χ3n) is 4.73. The molecule has 0 radical (unpaired) electrons. The fourth-order valence-corrected chi connectivity index (χ4v) is 2.67. The number of nitrogens with one attached hydrogen (secondary N) is 1. The minimum atomic E-state index is 0.242. The summed E-state index contributed by atoms with van der Waals surface area (Å²) in [7, 11) is 0. The van der Waals surface area contributed by atoms with Crippen LogP contribution in [0.5, 0.6) is 0 Å². The van der Waals surface area contributed by atoms with Crippen LogP contribution in [0, 0.1) is 17.8 Å². The Hall–Kier alpha value is -0.0800. The van der Waals surface area contributed by atoms with Gasteiger partial charge in [-0.05, 0) is 77.7 Å². The summed E-state index contributed by atoms with van der Waals surface area (Å²) in [5, 5.41) is 3.67. The van der Waals surface area contributed by atoms with Gasteiger partial charge in [-0.25, -0.2) is 0 Å². The molecule has 0 bridgehead atoms. The van der Waals surface area contributed by atoms with Crippen LogP contribution in [-0.4, -0.2) is 36.1 Å². The van der Waals surface area contributed by atoms with Gasteiger partial charge < -0.3 is 5.32 Å². The molecule has 2 aliphatic carbocycles. The standard InChI is InChI=1S/C17H34N2/c1-13(10-18-17(3,4)5)14(2)19(11-15-6-7-15)12-16-8-9-16/h13-16,18H,6-12H2,1-5H3. The van der Waals surface area contributed by atoms with E-state index in [2.05, 4.69) is 44.8 Å². The van der Waals surface area contributed by atoms with Gasteiger partial charge in [0, 0.05) is 24.7 Å². The van der Waals surface area contributed by atoms with Crippen molar-refractivity contribution in [3.63, 3.8) is 0 Å². The normalized spacial score (nSPS) is 23.7. The van der Waals surface area contributed by atoms with Gasteiger partial charge in [0.15, 0.2) is 0 Å². The Morgan fingerprint density at radius 2 is 1.47 bits per heavy atom. The predicted molar refractivity (Wildman–Crippen MR) is 83.4 cm³/mol. The Bertz CT molecular complexity index is 259. The molecule has 2 aliphatic rings. The summed E-state index contributed by atoms with van der Waals surface area (Å²) in [5.74, 6) is 2.77. The van der Waals surface area contributed by atoms with Gasteiger partial charge in [0.05, 0.1) is 0 Å². The molecule has 0 aromatic rings. The van der Waals surface area contributed by atoms with E-state index in [-0.39, 0.29) is 5.54 Å². The van der Waals surface area contributed by atoms with Gasteiger partial charge in [-0.2, -0.15) is 0 Å². The molecular weight excluding hydrogens is 232 g/mol. The first-order valence-corrected chi connectivity index (χ1v) is 8.34. The van der Waals surface area contributed by atoms with Crippen LogP contribution < -0.4 is 5.32 Å². The third kappa shape index (κ3) is 5.83. The van der Waals surface area contributed by atoms with Crippen LogP contribution in [-0.2, 0) is 0 Å². The number of hydrogen-bond acceptors (Lipinski definition) is 2. The number of hydrogen-bond donors (Lipinski definition) is 1. The number of nitrogens with zero attached hydrogens (tertiary/aromatic N) is 1. The zero-order chi connectivity index (χ0) is 14.0. The summed E-state index contributed by atoms with van der Waals surface area (Å²) >= 11 is 0. The highest BCUT2D eigenvalue weighted by molar-refractivity contribution is 4.87. The van der Waals surface area contributed by atoms with Crippen LogP contribution in [0.2, 0.25) is 0 Å². The smallest absolute Gasteiger partial charge is 0.0105 e. The molecule has 0 aromatic heterocycles. The van der Waals surface area contributed by atoms with Gasteiger partial charge in [0.1, 0.15) is 0 Å². The van der Waals surface area contributed by atoms with E-state index >= 15 is 0 Å². The maximum atomic E-state index is 3.67. The van der Waals surface area contributed by atoms with Gasteiger partial charge in [-0.1, -0.05) is 6.92 Å². The molecule has 0 heterocycles. The van der Waals surface area contributed by atoms with E-state index in [0.717, 1.165) is 30.3 Å². The zero-order valence-electron chi connectivity index (χ0n) is 13.7. The molecule has 2 nitrogen and oxygen atoms in total. The average molecular weight is 266 g/mol. The lowest BCUT2D eigenvalue weighted by Gasteiger charge is -2.35. The molecule has 2 rings (SSSR count). The second kappa shape index (κ2) is 6.13. The Morgan fingerprint density at radius 3 is 1.84 bits per heavy atom. The van der Waals surface area contributed by atoms with Crippen molar-refractivity contribution in [1.82, 2.24) is 10.2 Å². The van der Waals surface area contributed by atoms with E-state index < -0.39 is 0 Å². The van der Waals surface area contributed by atoms with Crippen LogP contribution in [0.25, 0.3) is 0 Å². The third-order valence-corrected chi connectivity index (χ3v) is 4.73. The molecule has 0 saturated heterocycles. The Balaban J connectivity index is 1.79. The maximum Gasteiger partial charge on any atom is 0.0105 e. The maximum absolute atomic E-state index is 3.67. The van der Waals surface area contributed by atoms with Crippen LogP contribution >= 0.6 is 0 Å². The molecule has 2 saturated carbocycles. The fraction of sp³-hybridized carbons (Fsp3) is 1.00. The second-order valence-electron chi connectivity index (χ2n) is 8.19. The molecule has 19 heavy (non-hydrogen) atoms. The lowest BCUT2D eigenvalue weighted by Crippen LogP contribution is -2.46. The van der Waals surface area contributed by atoms with Crippen LogP contribution in [0.1, 0.15) is 60.3 Å². The van der Waals surface area contributed by atoms with Gasteiger partial charge in [-0.15, -0.1) is 0 Å². The number of rotatable bonds is 8. The van der Waals surface area contributed by atoms with E-state index in [4.69, 9.17) is 0 Å². The quantitative estimate of drug-likeness (QED) is 0.723. The van der Waals surface area contributed by atoms with Gasteiger partial charge in [0.25, 0.3) is 0 Å². The van der Waals surface area contributed by atoms with Crippen LogP contribution in [0.15, 0.2) is 0 Å². The molecule has 0 aromatic carbocycles. The van der Waals surface area contributed by atoms with Crippen molar-refractivity contribution < 1.29 is 0 Å². The van der Waals surface area contributed by atoms with E-state index in [9.17, 15) is 0 Å². The fourth-order valence-electron chi connectivity index (χ4n) is 2.67. The van der Waals surface area contributed by atoms with Crippen molar-refractivity contribution in [1.29, 1.82) is 0 Å². The van der Waals surface area contributed by atoms with E-state index in [1.165, 1.54) is 38.8 Å². The summed E-state index contributed by atoms with van der Waals surface area (Å²) in [4.78, 5) is 2.80. The van der Waals surface area contributed by atoms with Gasteiger partial charge >= 0.3 is 0 Å². The first kappa shape index (κ1) is 15.3.